The van der Waals surface area contributed by atoms with Gasteiger partial charge in [-0.2, -0.15) is 0 Å². The number of ether oxygens (including phenoxy) is 1. The summed E-state index contributed by atoms with van der Waals surface area (Å²) in [5.74, 6) is -0.0183. The summed E-state index contributed by atoms with van der Waals surface area (Å²) in [6.07, 6.45) is 0.353. The zero-order valence-corrected chi connectivity index (χ0v) is 13.5. The van der Waals surface area contributed by atoms with Gasteiger partial charge in [-0.1, -0.05) is 54.6 Å². The van der Waals surface area contributed by atoms with Gasteiger partial charge in [0.15, 0.2) is 0 Å². The minimum absolute atomic E-state index is 0.0183. The van der Waals surface area contributed by atoms with Crippen molar-refractivity contribution in [2.75, 3.05) is 0 Å². The Morgan fingerprint density at radius 2 is 1.57 bits per heavy atom. The Morgan fingerprint density at radius 1 is 1.00 bits per heavy atom. The molecule has 0 saturated carbocycles. The number of benzene rings is 2. The molecule has 122 valence electrons. The fourth-order valence-corrected chi connectivity index (χ4v) is 2.18. The largest absolute Gasteiger partial charge is 0.372 e. The third kappa shape index (κ3) is 6.63. The zero-order chi connectivity index (χ0) is 16.5. The number of nitrogens with two attached hydrogens (primary N) is 1. The third-order valence-electron chi connectivity index (χ3n) is 3.40. The summed E-state index contributed by atoms with van der Waals surface area (Å²) in [4.78, 5) is 11.6. The van der Waals surface area contributed by atoms with Gasteiger partial charge in [-0.15, -0.1) is 0 Å². The molecule has 4 nitrogen and oxygen atoms in total. The van der Waals surface area contributed by atoms with Crippen molar-refractivity contribution in [3.63, 3.8) is 0 Å². The molecule has 23 heavy (non-hydrogen) atoms. The maximum atomic E-state index is 11.6. The average molecular weight is 312 g/mol. The topological polar surface area (TPSA) is 64.4 Å². The fourth-order valence-electron chi connectivity index (χ4n) is 2.18. The van der Waals surface area contributed by atoms with E-state index in [2.05, 4.69) is 5.32 Å². The molecule has 0 heterocycles. The molecule has 0 aliphatic carbocycles. The summed E-state index contributed by atoms with van der Waals surface area (Å²) in [5.41, 5.74) is 8.95. The van der Waals surface area contributed by atoms with E-state index in [1.165, 1.54) is 5.56 Å². The van der Waals surface area contributed by atoms with Crippen LogP contribution in [0.2, 0.25) is 0 Å². The SMILES string of the molecule is CC(N)CC(=O)NCc1ccc(COCc2ccccc2)cc1. The van der Waals surface area contributed by atoms with E-state index in [1.54, 1.807) is 0 Å². The van der Waals surface area contributed by atoms with Gasteiger partial charge in [-0.25, -0.2) is 0 Å². The van der Waals surface area contributed by atoms with E-state index >= 15 is 0 Å². The van der Waals surface area contributed by atoms with Crippen molar-refractivity contribution in [2.24, 2.45) is 5.73 Å². The summed E-state index contributed by atoms with van der Waals surface area (Å²) in [7, 11) is 0. The smallest absolute Gasteiger partial charge is 0.221 e. The first-order chi connectivity index (χ1) is 11.1. The lowest BCUT2D eigenvalue weighted by Gasteiger charge is -2.08. The molecule has 1 atom stereocenters. The van der Waals surface area contributed by atoms with Crippen molar-refractivity contribution in [3.05, 3.63) is 71.3 Å². The minimum atomic E-state index is -0.112. The van der Waals surface area contributed by atoms with Gasteiger partial charge in [0, 0.05) is 19.0 Å². The highest BCUT2D eigenvalue weighted by atomic mass is 16.5. The first-order valence-corrected chi connectivity index (χ1v) is 7.85. The summed E-state index contributed by atoms with van der Waals surface area (Å²) in [5, 5.41) is 2.86. The van der Waals surface area contributed by atoms with E-state index in [4.69, 9.17) is 10.5 Å². The monoisotopic (exact) mass is 312 g/mol. The van der Waals surface area contributed by atoms with Gasteiger partial charge in [0.25, 0.3) is 0 Å². The standard InChI is InChI=1S/C19H24N2O2/c1-15(20)11-19(22)21-12-16-7-9-18(10-8-16)14-23-13-17-5-3-2-4-6-17/h2-10,15H,11-14,20H2,1H3,(H,21,22). The van der Waals surface area contributed by atoms with E-state index < -0.39 is 0 Å². The van der Waals surface area contributed by atoms with Gasteiger partial charge in [0.2, 0.25) is 5.91 Å². The Morgan fingerprint density at radius 3 is 2.17 bits per heavy atom. The predicted molar refractivity (Wildman–Crippen MR) is 91.5 cm³/mol. The summed E-state index contributed by atoms with van der Waals surface area (Å²) in [6.45, 7) is 3.53. The van der Waals surface area contributed by atoms with Crippen LogP contribution in [0.4, 0.5) is 0 Å². The van der Waals surface area contributed by atoms with Crippen molar-refractivity contribution in [3.8, 4) is 0 Å². The number of hydrogen-bond donors (Lipinski definition) is 2. The Hall–Kier alpha value is -2.17. The second kappa shape index (κ2) is 9.08. The Bertz CT molecular complexity index is 595. The molecule has 0 aromatic heterocycles. The van der Waals surface area contributed by atoms with E-state index in [9.17, 15) is 4.79 Å². The molecule has 0 saturated heterocycles. The highest BCUT2D eigenvalue weighted by Gasteiger charge is 2.04. The zero-order valence-electron chi connectivity index (χ0n) is 13.5. The van der Waals surface area contributed by atoms with Crippen LogP contribution in [0.1, 0.15) is 30.0 Å². The lowest BCUT2D eigenvalue weighted by atomic mass is 10.1. The molecule has 0 fully saturated rings. The van der Waals surface area contributed by atoms with Crippen LogP contribution < -0.4 is 11.1 Å². The molecule has 1 unspecified atom stereocenters. The van der Waals surface area contributed by atoms with Gasteiger partial charge in [0.1, 0.15) is 0 Å². The van der Waals surface area contributed by atoms with E-state index in [0.29, 0.717) is 26.2 Å². The Kier molecular flexibility index (Phi) is 6.78. The minimum Gasteiger partial charge on any atom is -0.372 e. The second-order valence-electron chi connectivity index (χ2n) is 5.75. The Balaban J connectivity index is 1.73. The lowest BCUT2D eigenvalue weighted by molar-refractivity contribution is -0.121. The van der Waals surface area contributed by atoms with Gasteiger partial charge < -0.3 is 15.8 Å². The van der Waals surface area contributed by atoms with E-state index in [1.807, 2.05) is 61.5 Å². The summed E-state index contributed by atoms with van der Waals surface area (Å²) < 4.78 is 5.70. The molecule has 0 aliphatic heterocycles. The van der Waals surface area contributed by atoms with Crippen LogP contribution in [-0.2, 0) is 29.3 Å². The molecule has 2 aromatic carbocycles. The van der Waals surface area contributed by atoms with Crippen molar-refractivity contribution < 1.29 is 9.53 Å². The quantitative estimate of drug-likeness (QED) is 0.788. The summed E-state index contributed by atoms with van der Waals surface area (Å²) in [6, 6.07) is 18.1. The molecule has 0 aliphatic rings. The first kappa shape index (κ1) is 17.2. The second-order valence-corrected chi connectivity index (χ2v) is 5.75. The molecular weight excluding hydrogens is 288 g/mol. The number of hydrogen-bond acceptors (Lipinski definition) is 3. The highest BCUT2D eigenvalue weighted by Crippen LogP contribution is 2.08. The van der Waals surface area contributed by atoms with E-state index in [-0.39, 0.29) is 11.9 Å². The average Bonchev–Trinajstić information content (AvgIpc) is 2.54. The number of carbonyl (C=O) groups excluding carboxylic acids is 1. The molecule has 1 amide bonds. The van der Waals surface area contributed by atoms with Gasteiger partial charge in [0.05, 0.1) is 13.2 Å². The number of carbonyl (C=O) groups is 1. The predicted octanol–water partition coefficient (Wildman–Crippen LogP) is 2.76. The molecular formula is C19H24N2O2. The molecule has 0 radical (unpaired) electrons. The third-order valence-corrected chi connectivity index (χ3v) is 3.40. The highest BCUT2D eigenvalue weighted by molar-refractivity contribution is 5.76. The molecule has 2 rings (SSSR count). The number of rotatable bonds is 8. The number of amides is 1. The van der Waals surface area contributed by atoms with Crippen LogP contribution in [0, 0.1) is 0 Å². The molecule has 2 aromatic rings. The normalized spacial score (nSPS) is 11.9. The molecule has 4 heteroatoms. The van der Waals surface area contributed by atoms with Crippen molar-refractivity contribution in [2.45, 2.75) is 39.1 Å². The van der Waals surface area contributed by atoms with Crippen LogP contribution >= 0.6 is 0 Å². The molecule has 3 N–H and O–H groups in total. The van der Waals surface area contributed by atoms with Gasteiger partial charge >= 0.3 is 0 Å². The van der Waals surface area contributed by atoms with Crippen LogP contribution in [-0.4, -0.2) is 11.9 Å². The van der Waals surface area contributed by atoms with Crippen LogP contribution in [0.3, 0.4) is 0 Å². The maximum Gasteiger partial charge on any atom is 0.221 e. The lowest BCUT2D eigenvalue weighted by Crippen LogP contribution is -2.29. The maximum absolute atomic E-state index is 11.6. The first-order valence-electron chi connectivity index (χ1n) is 7.85. The van der Waals surface area contributed by atoms with E-state index in [0.717, 1.165) is 11.1 Å². The molecule has 0 bridgehead atoms. The van der Waals surface area contributed by atoms with Crippen molar-refractivity contribution >= 4 is 5.91 Å². The van der Waals surface area contributed by atoms with Crippen molar-refractivity contribution in [1.82, 2.24) is 5.32 Å². The van der Waals surface area contributed by atoms with Gasteiger partial charge in [-0.05, 0) is 23.6 Å². The Labute approximate surface area is 137 Å². The summed E-state index contributed by atoms with van der Waals surface area (Å²) >= 11 is 0. The number of nitrogens with one attached hydrogen (secondary N) is 1. The van der Waals surface area contributed by atoms with Crippen molar-refractivity contribution in [1.29, 1.82) is 0 Å². The fraction of sp³-hybridized carbons (Fsp3) is 0.316. The van der Waals surface area contributed by atoms with Crippen LogP contribution in [0.25, 0.3) is 0 Å². The van der Waals surface area contributed by atoms with Gasteiger partial charge in [-0.3, -0.25) is 4.79 Å². The molecule has 0 spiro atoms. The van der Waals surface area contributed by atoms with Crippen LogP contribution in [0.5, 0.6) is 0 Å². The van der Waals surface area contributed by atoms with Crippen LogP contribution in [0.15, 0.2) is 54.6 Å².